The van der Waals surface area contributed by atoms with Crippen LogP contribution in [0.15, 0.2) is 24.3 Å². The van der Waals surface area contributed by atoms with Gasteiger partial charge in [-0.15, -0.1) is 0 Å². The van der Waals surface area contributed by atoms with Crippen molar-refractivity contribution in [2.24, 2.45) is 0 Å². The predicted molar refractivity (Wildman–Crippen MR) is 84.7 cm³/mol. The normalized spacial score (nSPS) is 12.6. The van der Waals surface area contributed by atoms with Gasteiger partial charge in [-0.1, -0.05) is 36.6 Å². The highest BCUT2D eigenvalue weighted by molar-refractivity contribution is 7.98. The molecular weight excluding hydrogens is 262 g/mol. The molecule has 1 nitrogen and oxygen atoms in total. The van der Waals surface area contributed by atoms with Crippen molar-refractivity contribution in [2.45, 2.75) is 38.6 Å². The molecule has 1 N–H and O–H groups in total. The molecule has 0 radical (unpaired) electrons. The zero-order valence-corrected chi connectivity index (χ0v) is 13.0. The Morgan fingerprint density at radius 1 is 1.11 bits per heavy atom. The minimum Gasteiger partial charge on any atom is -0.310 e. The fourth-order valence-corrected chi connectivity index (χ4v) is 2.53. The highest BCUT2D eigenvalue weighted by Gasteiger charge is 2.03. The van der Waals surface area contributed by atoms with Crippen LogP contribution in [0.1, 0.15) is 44.2 Å². The van der Waals surface area contributed by atoms with Crippen LogP contribution in [0.25, 0.3) is 0 Å². The quantitative estimate of drug-likeness (QED) is 0.647. The molecule has 0 aromatic heterocycles. The molecule has 0 saturated heterocycles. The molecule has 102 valence electrons. The maximum Gasteiger partial charge on any atom is 0.0406 e. The van der Waals surface area contributed by atoms with Crippen LogP contribution in [0.5, 0.6) is 0 Å². The Labute approximate surface area is 121 Å². The van der Waals surface area contributed by atoms with Crippen molar-refractivity contribution in [2.75, 3.05) is 18.6 Å². The van der Waals surface area contributed by atoms with E-state index < -0.39 is 0 Å². The Kier molecular flexibility index (Phi) is 8.57. The van der Waals surface area contributed by atoms with E-state index in [1.54, 1.807) is 0 Å². The average Bonchev–Trinajstić information content (AvgIpc) is 2.38. The first kappa shape index (κ1) is 15.9. The van der Waals surface area contributed by atoms with Crippen LogP contribution >= 0.6 is 23.4 Å². The Morgan fingerprint density at radius 2 is 1.78 bits per heavy atom. The lowest BCUT2D eigenvalue weighted by molar-refractivity contribution is 0.537. The van der Waals surface area contributed by atoms with Crippen molar-refractivity contribution in [3.8, 4) is 0 Å². The van der Waals surface area contributed by atoms with Gasteiger partial charge in [0.15, 0.2) is 0 Å². The van der Waals surface area contributed by atoms with E-state index in [4.69, 9.17) is 11.6 Å². The van der Waals surface area contributed by atoms with Crippen molar-refractivity contribution in [3.05, 3.63) is 34.9 Å². The summed E-state index contributed by atoms with van der Waals surface area (Å²) in [6.07, 6.45) is 7.49. The van der Waals surface area contributed by atoms with Gasteiger partial charge in [-0.05, 0) is 56.0 Å². The summed E-state index contributed by atoms with van der Waals surface area (Å²) in [6.45, 7) is 3.31. The van der Waals surface area contributed by atoms with Gasteiger partial charge in [0.1, 0.15) is 0 Å². The summed E-state index contributed by atoms with van der Waals surface area (Å²) in [5.74, 6) is 1.30. The van der Waals surface area contributed by atoms with Crippen molar-refractivity contribution in [1.29, 1.82) is 0 Å². The number of rotatable bonds is 9. The van der Waals surface area contributed by atoms with Gasteiger partial charge in [0.25, 0.3) is 0 Å². The van der Waals surface area contributed by atoms with Gasteiger partial charge in [0.2, 0.25) is 0 Å². The topological polar surface area (TPSA) is 12.0 Å². The summed E-state index contributed by atoms with van der Waals surface area (Å²) in [7, 11) is 0. The van der Waals surface area contributed by atoms with Crippen LogP contribution < -0.4 is 5.32 Å². The molecule has 0 spiro atoms. The molecule has 0 saturated carbocycles. The molecule has 0 fully saturated rings. The minimum atomic E-state index is 0.411. The second-order valence-corrected chi connectivity index (χ2v) is 6.06. The number of benzene rings is 1. The number of hydrogen-bond donors (Lipinski definition) is 1. The Morgan fingerprint density at radius 3 is 2.44 bits per heavy atom. The summed E-state index contributed by atoms with van der Waals surface area (Å²) in [4.78, 5) is 0. The van der Waals surface area contributed by atoms with Crippen LogP contribution in [0.3, 0.4) is 0 Å². The van der Waals surface area contributed by atoms with Crippen LogP contribution in [0.4, 0.5) is 0 Å². The largest absolute Gasteiger partial charge is 0.310 e. The van der Waals surface area contributed by atoms with E-state index in [9.17, 15) is 0 Å². The first-order valence-electron chi connectivity index (χ1n) is 6.72. The van der Waals surface area contributed by atoms with Crippen LogP contribution in [-0.2, 0) is 0 Å². The molecular formula is C15H24ClNS. The van der Waals surface area contributed by atoms with Gasteiger partial charge in [-0.3, -0.25) is 0 Å². The van der Waals surface area contributed by atoms with Crippen molar-refractivity contribution in [1.82, 2.24) is 5.32 Å². The molecule has 1 aromatic carbocycles. The number of unbranched alkanes of at least 4 members (excludes halogenated alkanes) is 3. The fraction of sp³-hybridized carbons (Fsp3) is 0.600. The van der Waals surface area contributed by atoms with E-state index >= 15 is 0 Å². The molecule has 0 aliphatic rings. The second kappa shape index (κ2) is 9.71. The van der Waals surface area contributed by atoms with E-state index in [0.29, 0.717) is 6.04 Å². The fourth-order valence-electron chi connectivity index (χ4n) is 1.91. The summed E-state index contributed by atoms with van der Waals surface area (Å²) in [6, 6.07) is 8.51. The maximum atomic E-state index is 5.88. The second-order valence-electron chi connectivity index (χ2n) is 4.63. The van der Waals surface area contributed by atoms with Crippen molar-refractivity contribution < 1.29 is 0 Å². The van der Waals surface area contributed by atoms with Crippen molar-refractivity contribution in [3.63, 3.8) is 0 Å². The van der Waals surface area contributed by atoms with Gasteiger partial charge < -0.3 is 5.32 Å². The first-order valence-corrected chi connectivity index (χ1v) is 8.49. The third-order valence-corrected chi connectivity index (χ3v) is 4.04. The molecule has 0 aliphatic carbocycles. The summed E-state index contributed by atoms with van der Waals surface area (Å²) < 4.78 is 0. The molecule has 3 heteroatoms. The zero-order chi connectivity index (χ0) is 13.2. The van der Waals surface area contributed by atoms with E-state index in [-0.39, 0.29) is 0 Å². The van der Waals surface area contributed by atoms with E-state index in [1.165, 1.54) is 37.0 Å². The molecule has 1 unspecified atom stereocenters. The van der Waals surface area contributed by atoms with Gasteiger partial charge in [0.05, 0.1) is 0 Å². The van der Waals surface area contributed by atoms with E-state index in [2.05, 4.69) is 30.6 Å². The van der Waals surface area contributed by atoms with Crippen LogP contribution in [-0.4, -0.2) is 18.6 Å². The predicted octanol–water partition coefficient (Wildman–Crippen LogP) is 4.91. The summed E-state index contributed by atoms with van der Waals surface area (Å²) in [5, 5.41) is 4.37. The zero-order valence-electron chi connectivity index (χ0n) is 11.4. The van der Waals surface area contributed by atoms with Crippen LogP contribution in [0.2, 0.25) is 5.02 Å². The number of nitrogens with one attached hydrogen (secondary N) is 1. The Balaban J connectivity index is 2.10. The number of halogens is 1. The van der Waals surface area contributed by atoms with Gasteiger partial charge in [-0.25, -0.2) is 0 Å². The van der Waals surface area contributed by atoms with E-state index in [1.807, 2.05) is 23.9 Å². The molecule has 0 amide bonds. The molecule has 18 heavy (non-hydrogen) atoms. The Bertz CT molecular complexity index is 313. The molecule has 1 rings (SSSR count). The lowest BCUT2D eigenvalue weighted by atomic mass is 10.1. The highest BCUT2D eigenvalue weighted by atomic mass is 35.5. The molecule has 0 aliphatic heterocycles. The Hall–Kier alpha value is -0.180. The van der Waals surface area contributed by atoms with Crippen LogP contribution in [0, 0.1) is 0 Å². The van der Waals surface area contributed by atoms with Gasteiger partial charge in [0, 0.05) is 11.1 Å². The van der Waals surface area contributed by atoms with Gasteiger partial charge in [-0.2, -0.15) is 11.8 Å². The smallest absolute Gasteiger partial charge is 0.0406 e. The minimum absolute atomic E-state index is 0.411. The molecule has 1 aromatic rings. The highest BCUT2D eigenvalue weighted by Crippen LogP contribution is 2.16. The van der Waals surface area contributed by atoms with Crippen molar-refractivity contribution >= 4 is 23.4 Å². The third kappa shape index (κ3) is 6.67. The lowest BCUT2D eigenvalue weighted by Gasteiger charge is -2.14. The summed E-state index contributed by atoms with van der Waals surface area (Å²) >= 11 is 7.82. The maximum absolute atomic E-state index is 5.88. The first-order chi connectivity index (χ1) is 8.74. The van der Waals surface area contributed by atoms with Gasteiger partial charge >= 0.3 is 0 Å². The molecule has 0 heterocycles. The lowest BCUT2D eigenvalue weighted by Crippen LogP contribution is -2.19. The summed E-state index contributed by atoms with van der Waals surface area (Å²) in [5.41, 5.74) is 1.31. The standard InChI is InChI=1S/C15H24ClNS/c1-13(14-7-9-15(16)10-8-14)17-11-5-3-4-6-12-18-2/h7-10,13,17H,3-6,11-12H2,1-2H3. The third-order valence-electron chi connectivity index (χ3n) is 3.10. The SMILES string of the molecule is CSCCCCCCNC(C)c1ccc(Cl)cc1. The molecule has 0 bridgehead atoms. The monoisotopic (exact) mass is 285 g/mol. The average molecular weight is 286 g/mol. The molecule has 1 atom stereocenters. The number of thioether (sulfide) groups is 1. The number of hydrogen-bond acceptors (Lipinski definition) is 2. The van der Waals surface area contributed by atoms with E-state index in [0.717, 1.165) is 11.6 Å².